The fourth-order valence-electron chi connectivity index (χ4n) is 2.56. The summed E-state index contributed by atoms with van der Waals surface area (Å²) in [7, 11) is 1.44. The largest absolute Gasteiger partial charge is 0.490 e. The highest BCUT2D eigenvalue weighted by Crippen LogP contribution is 2.31. The highest BCUT2D eigenvalue weighted by atomic mass is 16.6. The molecule has 1 aromatic rings. The van der Waals surface area contributed by atoms with Gasteiger partial charge in [0.05, 0.1) is 12.0 Å². The summed E-state index contributed by atoms with van der Waals surface area (Å²) in [5, 5.41) is 14.5. The van der Waals surface area contributed by atoms with Crippen LogP contribution in [0.15, 0.2) is 18.2 Å². The molecule has 0 aliphatic carbocycles. The van der Waals surface area contributed by atoms with Gasteiger partial charge in [-0.25, -0.2) is 0 Å². The Morgan fingerprint density at radius 1 is 1.37 bits per heavy atom. The third kappa shape index (κ3) is 2.96. The highest BCUT2D eigenvalue weighted by molar-refractivity contribution is 5.60. The van der Waals surface area contributed by atoms with Crippen LogP contribution in [0.5, 0.6) is 5.75 Å². The number of hydrogen-bond donors (Lipinski definition) is 1. The molecule has 2 atom stereocenters. The standard InChI is InChI=1S/C13H19N3O3/c1-9-7-15(8-10(2)14-9)11-4-5-13(19-3)12(6-11)16(17)18/h4-6,9-10,14H,7-8H2,1-3H3. The number of nitrogens with zero attached hydrogens (tertiary/aromatic N) is 2. The van der Waals surface area contributed by atoms with Gasteiger partial charge < -0.3 is 15.0 Å². The third-order valence-corrected chi connectivity index (χ3v) is 3.28. The normalized spacial score (nSPS) is 23.2. The van der Waals surface area contributed by atoms with Crippen molar-refractivity contribution in [2.45, 2.75) is 25.9 Å². The fourth-order valence-corrected chi connectivity index (χ4v) is 2.56. The Bertz CT molecular complexity index is 468. The van der Waals surface area contributed by atoms with E-state index in [4.69, 9.17) is 4.74 Å². The van der Waals surface area contributed by atoms with Gasteiger partial charge in [-0.15, -0.1) is 0 Å². The third-order valence-electron chi connectivity index (χ3n) is 3.28. The average molecular weight is 265 g/mol. The van der Waals surface area contributed by atoms with E-state index in [2.05, 4.69) is 24.1 Å². The van der Waals surface area contributed by atoms with Gasteiger partial charge in [-0.2, -0.15) is 0 Å². The molecule has 1 saturated heterocycles. The molecule has 0 spiro atoms. The number of nitrogens with one attached hydrogen (secondary N) is 1. The summed E-state index contributed by atoms with van der Waals surface area (Å²) in [6.07, 6.45) is 0. The van der Waals surface area contributed by atoms with Crippen LogP contribution in [0.3, 0.4) is 0 Å². The van der Waals surface area contributed by atoms with Crippen molar-refractivity contribution in [1.29, 1.82) is 0 Å². The van der Waals surface area contributed by atoms with Gasteiger partial charge in [0.15, 0.2) is 5.75 Å². The molecule has 0 amide bonds. The van der Waals surface area contributed by atoms with Crippen LogP contribution in [0, 0.1) is 10.1 Å². The molecule has 1 fully saturated rings. The van der Waals surface area contributed by atoms with E-state index < -0.39 is 4.92 Å². The molecular formula is C13H19N3O3. The molecule has 2 unspecified atom stereocenters. The molecule has 1 N–H and O–H groups in total. The number of benzene rings is 1. The highest BCUT2D eigenvalue weighted by Gasteiger charge is 2.23. The second-order valence-corrected chi connectivity index (χ2v) is 4.99. The molecule has 19 heavy (non-hydrogen) atoms. The van der Waals surface area contributed by atoms with Gasteiger partial charge in [0, 0.05) is 36.9 Å². The SMILES string of the molecule is COc1ccc(N2CC(C)NC(C)C2)cc1[N+](=O)[O-]. The molecule has 0 saturated carbocycles. The van der Waals surface area contributed by atoms with E-state index >= 15 is 0 Å². The molecular weight excluding hydrogens is 246 g/mol. The molecule has 0 radical (unpaired) electrons. The zero-order valence-corrected chi connectivity index (χ0v) is 11.4. The van der Waals surface area contributed by atoms with Crippen molar-refractivity contribution in [1.82, 2.24) is 5.32 Å². The monoisotopic (exact) mass is 265 g/mol. The number of nitro benzene ring substituents is 1. The first-order chi connectivity index (χ1) is 9.01. The Morgan fingerprint density at radius 3 is 2.53 bits per heavy atom. The zero-order chi connectivity index (χ0) is 14.0. The fraction of sp³-hybridized carbons (Fsp3) is 0.538. The van der Waals surface area contributed by atoms with Crippen LogP contribution >= 0.6 is 0 Å². The summed E-state index contributed by atoms with van der Waals surface area (Å²) >= 11 is 0. The van der Waals surface area contributed by atoms with Gasteiger partial charge in [-0.05, 0) is 26.0 Å². The molecule has 0 aromatic heterocycles. The van der Waals surface area contributed by atoms with Crippen LogP contribution in [-0.4, -0.2) is 37.2 Å². The Labute approximate surface area is 112 Å². The maximum absolute atomic E-state index is 11.0. The maximum atomic E-state index is 11.0. The zero-order valence-electron chi connectivity index (χ0n) is 11.4. The molecule has 6 nitrogen and oxygen atoms in total. The number of methoxy groups -OCH3 is 1. The van der Waals surface area contributed by atoms with Crippen molar-refractivity contribution in [3.63, 3.8) is 0 Å². The summed E-state index contributed by atoms with van der Waals surface area (Å²) in [4.78, 5) is 12.8. The summed E-state index contributed by atoms with van der Waals surface area (Å²) in [5.41, 5.74) is 0.881. The summed E-state index contributed by atoms with van der Waals surface area (Å²) in [6, 6.07) is 5.85. The summed E-state index contributed by atoms with van der Waals surface area (Å²) < 4.78 is 5.02. The number of ether oxygens (including phenoxy) is 1. The van der Waals surface area contributed by atoms with Crippen molar-refractivity contribution >= 4 is 11.4 Å². The van der Waals surface area contributed by atoms with Crippen LogP contribution in [0.4, 0.5) is 11.4 Å². The van der Waals surface area contributed by atoms with Gasteiger partial charge in [0.1, 0.15) is 0 Å². The van der Waals surface area contributed by atoms with E-state index in [0.29, 0.717) is 17.8 Å². The van der Waals surface area contributed by atoms with Crippen LogP contribution in [0.2, 0.25) is 0 Å². The quantitative estimate of drug-likeness (QED) is 0.666. The second-order valence-electron chi connectivity index (χ2n) is 4.99. The lowest BCUT2D eigenvalue weighted by atomic mass is 10.1. The van der Waals surface area contributed by atoms with E-state index in [1.54, 1.807) is 12.1 Å². The lowest BCUT2D eigenvalue weighted by Gasteiger charge is -2.37. The predicted octanol–water partition coefficient (Wildman–Crippen LogP) is 1.79. The van der Waals surface area contributed by atoms with Crippen molar-refractivity contribution in [3.05, 3.63) is 28.3 Å². The second kappa shape index (κ2) is 5.44. The van der Waals surface area contributed by atoms with Gasteiger partial charge in [0.25, 0.3) is 0 Å². The first-order valence-corrected chi connectivity index (χ1v) is 6.34. The molecule has 2 rings (SSSR count). The molecule has 6 heteroatoms. The number of anilines is 1. The van der Waals surface area contributed by atoms with Crippen molar-refractivity contribution < 1.29 is 9.66 Å². The minimum absolute atomic E-state index is 0.0128. The van der Waals surface area contributed by atoms with Crippen molar-refractivity contribution in [2.24, 2.45) is 0 Å². The average Bonchev–Trinajstić information content (AvgIpc) is 2.36. The topological polar surface area (TPSA) is 67.6 Å². The number of rotatable bonds is 3. The van der Waals surface area contributed by atoms with E-state index in [9.17, 15) is 10.1 Å². The Hall–Kier alpha value is -1.82. The minimum Gasteiger partial charge on any atom is -0.490 e. The minimum atomic E-state index is -0.405. The van der Waals surface area contributed by atoms with Gasteiger partial charge in [-0.1, -0.05) is 0 Å². The smallest absolute Gasteiger partial charge is 0.312 e. The van der Waals surface area contributed by atoms with E-state index in [1.807, 2.05) is 6.07 Å². The van der Waals surface area contributed by atoms with Crippen LogP contribution in [0.25, 0.3) is 0 Å². The lowest BCUT2D eigenvalue weighted by molar-refractivity contribution is -0.385. The van der Waals surface area contributed by atoms with Crippen molar-refractivity contribution in [2.75, 3.05) is 25.1 Å². The first kappa shape index (κ1) is 13.6. The number of nitro groups is 1. The summed E-state index contributed by atoms with van der Waals surface area (Å²) in [6.45, 7) is 5.91. The maximum Gasteiger partial charge on any atom is 0.312 e. The van der Waals surface area contributed by atoms with Gasteiger partial charge >= 0.3 is 5.69 Å². The lowest BCUT2D eigenvalue weighted by Crippen LogP contribution is -2.54. The van der Waals surface area contributed by atoms with Crippen LogP contribution < -0.4 is 15.0 Å². The number of hydrogen-bond acceptors (Lipinski definition) is 5. The van der Waals surface area contributed by atoms with Crippen LogP contribution in [0.1, 0.15) is 13.8 Å². The Morgan fingerprint density at radius 2 is 2.00 bits per heavy atom. The van der Waals surface area contributed by atoms with Gasteiger partial charge in [-0.3, -0.25) is 10.1 Å². The van der Waals surface area contributed by atoms with E-state index in [1.165, 1.54) is 7.11 Å². The van der Waals surface area contributed by atoms with Crippen LogP contribution in [-0.2, 0) is 0 Å². The number of piperazine rings is 1. The first-order valence-electron chi connectivity index (χ1n) is 6.34. The van der Waals surface area contributed by atoms with E-state index in [-0.39, 0.29) is 5.69 Å². The molecule has 0 bridgehead atoms. The Kier molecular flexibility index (Phi) is 3.90. The molecule has 1 heterocycles. The molecule has 104 valence electrons. The van der Waals surface area contributed by atoms with E-state index in [0.717, 1.165) is 18.8 Å². The predicted molar refractivity (Wildman–Crippen MR) is 73.9 cm³/mol. The molecule has 1 aliphatic heterocycles. The van der Waals surface area contributed by atoms with Gasteiger partial charge in [0.2, 0.25) is 0 Å². The Balaban J connectivity index is 2.30. The molecule has 1 aliphatic rings. The van der Waals surface area contributed by atoms with Crippen molar-refractivity contribution in [3.8, 4) is 5.75 Å². The summed E-state index contributed by atoms with van der Waals surface area (Å²) in [5.74, 6) is 0.296. The molecule has 1 aromatic carbocycles.